The Hall–Kier alpha value is -3.56. The van der Waals surface area contributed by atoms with E-state index < -0.39 is 15.9 Å². The lowest BCUT2D eigenvalue weighted by molar-refractivity contribution is 0.0996. The van der Waals surface area contributed by atoms with Gasteiger partial charge in [-0.3, -0.25) is 4.79 Å². The molecule has 3 aromatic carbocycles. The second-order valence-electron chi connectivity index (χ2n) is 6.53. The van der Waals surface area contributed by atoms with Crippen molar-refractivity contribution in [3.63, 3.8) is 0 Å². The number of nitrogens with two attached hydrogens (primary N) is 1. The van der Waals surface area contributed by atoms with E-state index in [1.807, 2.05) is 0 Å². The second kappa shape index (κ2) is 10.2. The molecule has 0 saturated heterocycles. The van der Waals surface area contributed by atoms with Gasteiger partial charge in [-0.2, -0.15) is 13.5 Å². The first kappa shape index (κ1) is 23.1. The summed E-state index contributed by atoms with van der Waals surface area (Å²) in [5.74, 6) is 0.304. The van der Waals surface area contributed by atoms with E-state index in [9.17, 15) is 13.2 Å². The first-order valence-corrected chi connectivity index (χ1v) is 11.2. The van der Waals surface area contributed by atoms with E-state index in [2.05, 4.69) is 9.93 Å². The minimum absolute atomic E-state index is 0.0380. The van der Waals surface area contributed by atoms with Crippen LogP contribution >= 0.6 is 11.6 Å². The summed E-state index contributed by atoms with van der Waals surface area (Å²) < 4.78 is 35.7. The smallest absolute Gasteiger partial charge is 0.276 e. The van der Waals surface area contributed by atoms with Crippen molar-refractivity contribution < 1.29 is 22.7 Å². The fourth-order valence-electron chi connectivity index (χ4n) is 2.78. The summed E-state index contributed by atoms with van der Waals surface area (Å²) in [6.45, 7) is 0.0889. The number of methoxy groups -OCH3 is 1. The van der Waals surface area contributed by atoms with Crippen LogP contribution in [0.1, 0.15) is 21.5 Å². The lowest BCUT2D eigenvalue weighted by Gasteiger charge is -2.13. The minimum atomic E-state index is -3.83. The Bertz CT molecular complexity index is 1240. The monoisotopic (exact) mass is 473 g/mol. The maximum atomic E-state index is 12.3. The van der Waals surface area contributed by atoms with Gasteiger partial charge in [-0.05, 0) is 60.2 Å². The van der Waals surface area contributed by atoms with E-state index >= 15 is 0 Å². The van der Waals surface area contributed by atoms with Crippen LogP contribution in [0.25, 0.3) is 0 Å². The third kappa shape index (κ3) is 5.77. The fourth-order valence-corrected chi connectivity index (χ4v) is 3.70. The molecule has 3 N–H and O–H groups in total. The summed E-state index contributed by atoms with van der Waals surface area (Å²) in [6.07, 6.45) is 1.35. The molecule has 0 aliphatic heterocycles. The zero-order chi connectivity index (χ0) is 23.1. The number of amides is 1. The number of sulfonamides is 1. The van der Waals surface area contributed by atoms with Crippen molar-refractivity contribution >= 4 is 33.7 Å². The number of halogens is 1. The molecule has 10 heteroatoms. The highest BCUT2D eigenvalue weighted by Gasteiger charge is 2.13. The summed E-state index contributed by atoms with van der Waals surface area (Å²) in [5.41, 5.74) is 6.91. The van der Waals surface area contributed by atoms with Crippen LogP contribution in [-0.2, 0) is 16.6 Å². The number of carbonyl (C=O) groups excluding carboxylic acids is 1. The predicted octanol–water partition coefficient (Wildman–Crippen LogP) is 3.34. The predicted molar refractivity (Wildman–Crippen MR) is 122 cm³/mol. The zero-order valence-electron chi connectivity index (χ0n) is 17.0. The minimum Gasteiger partial charge on any atom is -0.496 e. The Morgan fingerprint density at radius 1 is 1.09 bits per heavy atom. The van der Waals surface area contributed by atoms with Gasteiger partial charge in [0.2, 0.25) is 0 Å². The molecule has 0 unspecified atom stereocenters. The molecule has 0 heterocycles. The van der Waals surface area contributed by atoms with Crippen molar-refractivity contribution in [1.82, 2.24) is 4.83 Å². The van der Waals surface area contributed by atoms with Crippen LogP contribution in [0.4, 0.5) is 0 Å². The molecule has 0 aliphatic rings. The summed E-state index contributed by atoms with van der Waals surface area (Å²) >= 11 is 5.79. The molecule has 3 rings (SSSR count). The van der Waals surface area contributed by atoms with Crippen LogP contribution in [0, 0.1) is 0 Å². The number of hydrazone groups is 1. The van der Waals surface area contributed by atoms with Crippen molar-refractivity contribution in [1.29, 1.82) is 0 Å². The molecule has 0 aromatic heterocycles. The van der Waals surface area contributed by atoms with Gasteiger partial charge in [0.15, 0.2) is 0 Å². The second-order valence-corrected chi connectivity index (χ2v) is 8.62. The van der Waals surface area contributed by atoms with E-state index in [-0.39, 0.29) is 17.1 Å². The molecule has 0 bridgehead atoms. The molecule has 0 saturated carbocycles. The number of carbonyl (C=O) groups is 1. The SMILES string of the molecule is COc1ccc(C=NNS(=O)(=O)c2ccc(Cl)cc2)cc1COc1ccccc1C(N)=O. The first-order chi connectivity index (χ1) is 15.3. The van der Waals surface area contributed by atoms with E-state index in [1.54, 1.807) is 42.5 Å². The van der Waals surface area contributed by atoms with Crippen molar-refractivity contribution in [2.24, 2.45) is 10.8 Å². The van der Waals surface area contributed by atoms with Gasteiger partial charge in [-0.15, -0.1) is 0 Å². The Kier molecular flexibility index (Phi) is 7.34. The maximum absolute atomic E-state index is 12.3. The fraction of sp³-hybridized carbons (Fsp3) is 0.0909. The molecule has 0 spiro atoms. The van der Waals surface area contributed by atoms with Crippen LogP contribution in [0.2, 0.25) is 5.02 Å². The lowest BCUT2D eigenvalue weighted by atomic mass is 10.1. The Morgan fingerprint density at radius 2 is 1.81 bits per heavy atom. The van der Waals surface area contributed by atoms with E-state index in [4.69, 9.17) is 26.8 Å². The van der Waals surface area contributed by atoms with Gasteiger partial charge in [0.25, 0.3) is 15.9 Å². The number of hydrogen-bond acceptors (Lipinski definition) is 6. The standard InChI is InChI=1S/C22H20ClN3O5S/c1-30-20-11-6-15(13-25-26-32(28,29)18-9-7-17(23)8-10-18)12-16(20)14-31-21-5-3-2-4-19(21)22(24)27/h2-13,26H,14H2,1H3,(H2,24,27). The number of benzene rings is 3. The molecule has 0 radical (unpaired) electrons. The normalized spacial score (nSPS) is 11.3. The summed E-state index contributed by atoms with van der Waals surface area (Å²) in [6, 6.07) is 17.5. The highest BCUT2D eigenvalue weighted by Crippen LogP contribution is 2.24. The zero-order valence-corrected chi connectivity index (χ0v) is 18.6. The largest absolute Gasteiger partial charge is 0.496 e. The molecule has 0 atom stereocenters. The van der Waals surface area contributed by atoms with Crippen LogP contribution in [0.15, 0.2) is 76.7 Å². The molecule has 1 amide bonds. The third-order valence-electron chi connectivity index (χ3n) is 4.35. The molecule has 8 nitrogen and oxygen atoms in total. The van der Waals surface area contributed by atoms with Crippen LogP contribution in [0.3, 0.4) is 0 Å². The third-order valence-corrected chi connectivity index (χ3v) is 5.84. The Balaban J connectivity index is 1.74. The van der Waals surface area contributed by atoms with Gasteiger partial charge in [0.05, 0.1) is 23.8 Å². The molecule has 3 aromatic rings. The number of primary amides is 1. The van der Waals surface area contributed by atoms with E-state index in [0.717, 1.165) is 0 Å². The summed E-state index contributed by atoms with van der Waals surface area (Å²) in [7, 11) is -2.31. The van der Waals surface area contributed by atoms with Crippen molar-refractivity contribution in [3.05, 3.63) is 88.4 Å². The Morgan fingerprint density at radius 3 is 2.50 bits per heavy atom. The van der Waals surface area contributed by atoms with Crippen LogP contribution < -0.4 is 20.0 Å². The van der Waals surface area contributed by atoms with E-state index in [1.165, 1.54) is 37.6 Å². The van der Waals surface area contributed by atoms with Gasteiger partial charge < -0.3 is 15.2 Å². The lowest BCUT2D eigenvalue weighted by Crippen LogP contribution is -2.18. The van der Waals surface area contributed by atoms with Crippen LogP contribution in [0.5, 0.6) is 11.5 Å². The molecule has 0 aliphatic carbocycles. The first-order valence-electron chi connectivity index (χ1n) is 9.29. The summed E-state index contributed by atoms with van der Waals surface area (Å²) in [5, 5.41) is 4.26. The van der Waals surface area contributed by atoms with Gasteiger partial charge in [-0.25, -0.2) is 4.83 Å². The number of nitrogens with one attached hydrogen (secondary N) is 1. The Labute approximate surface area is 190 Å². The van der Waals surface area contributed by atoms with Crippen LogP contribution in [-0.4, -0.2) is 27.6 Å². The molecular weight excluding hydrogens is 454 g/mol. The quantitative estimate of drug-likeness (QED) is 0.365. The van der Waals surface area contributed by atoms with E-state index in [0.29, 0.717) is 27.6 Å². The molecule has 0 fully saturated rings. The van der Waals surface area contributed by atoms with Gasteiger partial charge in [0, 0.05) is 10.6 Å². The molecule has 166 valence electrons. The van der Waals surface area contributed by atoms with Crippen molar-refractivity contribution in [2.75, 3.05) is 7.11 Å². The number of para-hydroxylation sites is 1. The van der Waals surface area contributed by atoms with Crippen molar-refractivity contribution in [2.45, 2.75) is 11.5 Å². The average molecular weight is 474 g/mol. The number of hydrogen-bond donors (Lipinski definition) is 2. The summed E-state index contributed by atoms with van der Waals surface area (Å²) in [4.78, 5) is 13.8. The topological polar surface area (TPSA) is 120 Å². The van der Waals surface area contributed by atoms with Crippen molar-refractivity contribution in [3.8, 4) is 11.5 Å². The van der Waals surface area contributed by atoms with Gasteiger partial charge >= 0.3 is 0 Å². The molecular formula is C22H20ClN3O5S. The molecule has 32 heavy (non-hydrogen) atoms. The van der Waals surface area contributed by atoms with Gasteiger partial charge in [-0.1, -0.05) is 23.7 Å². The average Bonchev–Trinajstić information content (AvgIpc) is 2.78. The highest BCUT2D eigenvalue weighted by molar-refractivity contribution is 7.89. The van der Waals surface area contributed by atoms with Gasteiger partial charge in [0.1, 0.15) is 18.1 Å². The number of rotatable bonds is 9. The highest BCUT2D eigenvalue weighted by atomic mass is 35.5. The number of ether oxygens (including phenoxy) is 2. The number of nitrogens with zero attached hydrogens (tertiary/aromatic N) is 1. The maximum Gasteiger partial charge on any atom is 0.276 e.